The Morgan fingerprint density at radius 2 is 1.88 bits per heavy atom. The van der Waals surface area contributed by atoms with E-state index in [9.17, 15) is 4.79 Å². The Hall–Kier alpha value is -2.13. The van der Waals surface area contributed by atoms with Gasteiger partial charge in [0.25, 0.3) is 5.82 Å². The molecule has 2 rings (SSSR count). The van der Waals surface area contributed by atoms with Crippen molar-refractivity contribution in [1.82, 2.24) is 24.7 Å². The molecule has 0 aliphatic heterocycles. The average molecular weight is 349 g/mol. The van der Waals surface area contributed by atoms with Gasteiger partial charge in [0.1, 0.15) is 12.0 Å². The number of carbonyl (C=O) groups is 1. The molecule has 0 saturated heterocycles. The van der Waals surface area contributed by atoms with Gasteiger partial charge in [-0.05, 0) is 25.1 Å². The summed E-state index contributed by atoms with van der Waals surface area (Å²) in [6, 6.07) is 0. The molecule has 24 heavy (non-hydrogen) atoms. The summed E-state index contributed by atoms with van der Waals surface area (Å²) in [6.07, 6.45) is 4.13. The maximum absolute atomic E-state index is 11.0. The van der Waals surface area contributed by atoms with Crippen LogP contribution in [0.4, 0.5) is 0 Å². The quantitative estimate of drug-likeness (QED) is 0.828. The van der Waals surface area contributed by atoms with Crippen LogP contribution in [-0.4, -0.2) is 44.1 Å². The summed E-state index contributed by atoms with van der Waals surface area (Å²) in [5.41, 5.74) is 0.601. The standard InChI is InChI=1S/C15H23N5O3Si/c1-10(23-24(5,6)15(2,3)4)11-13(17-8-7-16-11)20-9-18-12(19-20)14(21)22/h7-10H,1-6H3,(H,21,22). The minimum atomic E-state index is -1.99. The van der Waals surface area contributed by atoms with Gasteiger partial charge < -0.3 is 9.53 Å². The molecule has 130 valence electrons. The summed E-state index contributed by atoms with van der Waals surface area (Å²) in [5, 5.41) is 13.0. The van der Waals surface area contributed by atoms with Gasteiger partial charge in [0.05, 0.1) is 6.10 Å². The van der Waals surface area contributed by atoms with Gasteiger partial charge in [-0.1, -0.05) is 20.8 Å². The van der Waals surface area contributed by atoms with Gasteiger partial charge in [0.2, 0.25) is 0 Å². The van der Waals surface area contributed by atoms with Crippen molar-refractivity contribution in [3.8, 4) is 5.82 Å². The molecular weight excluding hydrogens is 326 g/mol. The van der Waals surface area contributed by atoms with E-state index in [0.29, 0.717) is 11.5 Å². The summed E-state index contributed by atoms with van der Waals surface area (Å²) in [6.45, 7) is 12.7. The largest absolute Gasteiger partial charge is 0.475 e. The second-order valence-corrected chi connectivity index (χ2v) is 11.9. The molecule has 0 amide bonds. The highest BCUT2D eigenvalue weighted by Gasteiger charge is 2.39. The zero-order valence-electron chi connectivity index (χ0n) is 14.8. The van der Waals surface area contributed by atoms with Crippen molar-refractivity contribution in [3.05, 3.63) is 30.2 Å². The summed E-state index contributed by atoms with van der Waals surface area (Å²) in [5.74, 6) is -1.06. The Labute approximate surface area is 142 Å². The van der Waals surface area contributed by atoms with Gasteiger partial charge in [-0.2, -0.15) is 4.68 Å². The summed E-state index contributed by atoms with van der Waals surface area (Å²) in [4.78, 5) is 23.4. The van der Waals surface area contributed by atoms with E-state index in [0.717, 1.165) is 0 Å². The van der Waals surface area contributed by atoms with Gasteiger partial charge in [-0.25, -0.2) is 14.8 Å². The molecule has 0 saturated carbocycles. The second kappa shape index (κ2) is 6.40. The van der Waals surface area contributed by atoms with Crippen LogP contribution in [0.2, 0.25) is 18.1 Å². The minimum Gasteiger partial charge on any atom is -0.475 e. The summed E-state index contributed by atoms with van der Waals surface area (Å²) in [7, 11) is -1.99. The molecule has 2 heterocycles. The maximum Gasteiger partial charge on any atom is 0.375 e. The molecule has 0 aliphatic carbocycles. The monoisotopic (exact) mass is 349 g/mol. The third-order valence-electron chi connectivity index (χ3n) is 4.27. The van der Waals surface area contributed by atoms with Crippen molar-refractivity contribution >= 4 is 14.3 Å². The van der Waals surface area contributed by atoms with Crippen LogP contribution >= 0.6 is 0 Å². The number of aromatic nitrogens is 5. The normalized spacial score (nSPS) is 13.8. The molecule has 1 unspecified atom stereocenters. The Kier molecular flexibility index (Phi) is 4.86. The average Bonchev–Trinajstić information content (AvgIpc) is 2.95. The number of nitrogens with zero attached hydrogens (tertiary/aromatic N) is 5. The first-order chi connectivity index (χ1) is 11.0. The van der Waals surface area contributed by atoms with Crippen LogP contribution in [0.5, 0.6) is 0 Å². The van der Waals surface area contributed by atoms with Gasteiger partial charge in [0, 0.05) is 12.4 Å². The molecule has 1 N–H and O–H groups in total. The van der Waals surface area contributed by atoms with E-state index >= 15 is 0 Å². The van der Waals surface area contributed by atoms with Crippen molar-refractivity contribution in [2.24, 2.45) is 0 Å². The number of rotatable bonds is 5. The number of hydrogen-bond acceptors (Lipinski definition) is 6. The van der Waals surface area contributed by atoms with Crippen molar-refractivity contribution in [1.29, 1.82) is 0 Å². The van der Waals surface area contributed by atoms with E-state index < -0.39 is 14.3 Å². The highest BCUT2D eigenvalue weighted by atomic mass is 28.4. The highest BCUT2D eigenvalue weighted by Crippen LogP contribution is 2.39. The fraction of sp³-hybridized carbons (Fsp3) is 0.533. The molecule has 2 aromatic rings. The van der Waals surface area contributed by atoms with Crippen LogP contribution in [0.25, 0.3) is 5.82 Å². The van der Waals surface area contributed by atoms with Crippen LogP contribution in [0.3, 0.4) is 0 Å². The van der Waals surface area contributed by atoms with Crippen molar-refractivity contribution in [2.45, 2.75) is 51.9 Å². The van der Waals surface area contributed by atoms with Crippen LogP contribution < -0.4 is 0 Å². The second-order valence-electron chi connectivity index (χ2n) is 7.10. The van der Waals surface area contributed by atoms with Crippen LogP contribution in [0.15, 0.2) is 18.7 Å². The predicted octanol–water partition coefficient (Wildman–Crippen LogP) is 2.84. The number of hydrogen-bond donors (Lipinski definition) is 1. The number of carboxylic acids is 1. The Morgan fingerprint density at radius 3 is 2.42 bits per heavy atom. The molecule has 0 radical (unpaired) electrons. The fourth-order valence-corrected chi connectivity index (χ4v) is 3.29. The smallest absolute Gasteiger partial charge is 0.375 e. The lowest BCUT2D eigenvalue weighted by Gasteiger charge is -2.38. The van der Waals surface area contributed by atoms with E-state index in [1.165, 1.54) is 17.2 Å². The molecule has 0 spiro atoms. The molecule has 0 bridgehead atoms. The third-order valence-corrected chi connectivity index (χ3v) is 8.82. The van der Waals surface area contributed by atoms with E-state index in [2.05, 4.69) is 53.9 Å². The maximum atomic E-state index is 11.0. The lowest BCUT2D eigenvalue weighted by molar-refractivity contribution is 0.0683. The fourth-order valence-electron chi connectivity index (χ4n) is 1.94. The Bertz CT molecular complexity index is 739. The summed E-state index contributed by atoms with van der Waals surface area (Å²) >= 11 is 0. The van der Waals surface area contributed by atoms with Crippen LogP contribution in [0.1, 0.15) is 50.1 Å². The number of carboxylic acid groups (broad SMARTS) is 1. The number of aromatic carboxylic acids is 1. The molecular formula is C15H23N5O3Si. The lowest BCUT2D eigenvalue weighted by Crippen LogP contribution is -2.41. The highest BCUT2D eigenvalue weighted by molar-refractivity contribution is 6.74. The van der Waals surface area contributed by atoms with Gasteiger partial charge in [0.15, 0.2) is 14.1 Å². The van der Waals surface area contributed by atoms with E-state index in [1.54, 1.807) is 6.20 Å². The Balaban J connectivity index is 2.36. The molecule has 0 aromatic carbocycles. The van der Waals surface area contributed by atoms with Crippen molar-refractivity contribution < 1.29 is 14.3 Å². The molecule has 0 fully saturated rings. The zero-order valence-corrected chi connectivity index (χ0v) is 15.8. The van der Waals surface area contributed by atoms with E-state index in [4.69, 9.17) is 9.53 Å². The lowest BCUT2D eigenvalue weighted by atomic mass is 10.2. The Morgan fingerprint density at radius 1 is 1.25 bits per heavy atom. The first-order valence-corrected chi connectivity index (χ1v) is 10.6. The third kappa shape index (κ3) is 3.67. The van der Waals surface area contributed by atoms with E-state index in [-0.39, 0.29) is 17.0 Å². The molecule has 0 aliphatic rings. The van der Waals surface area contributed by atoms with Crippen molar-refractivity contribution in [2.75, 3.05) is 0 Å². The van der Waals surface area contributed by atoms with Gasteiger partial charge in [-0.15, -0.1) is 5.10 Å². The van der Waals surface area contributed by atoms with Crippen molar-refractivity contribution in [3.63, 3.8) is 0 Å². The first kappa shape index (κ1) is 18.2. The first-order valence-electron chi connectivity index (χ1n) is 7.67. The minimum absolute atomic E-state index is 0.0629. The predicted molar refractivity (Wildman–Crippen MR) is 90.6 cm³/mol. The molecule has 9 heteroatoms. The van der Waals surface area contributed by atoms with Crippen LogP contribution in [-0.2, 0) is 4.43 Å². The van der Waals surface area contributed by atoms with Gasteiger partial charge in [-0.3, -0.25) is 4.98 Å². The SMILES string of the molecule is CC(O[Si](C)(C)C(C)(C)C)c1nccnc1-n1cnc(C(=O)O)n1. The van der Waals surface area contributed by atoms with Crippen LogP contribution in [0, 0.1) is 0 Å². The summed E-state index contributed by atoms with van der Waals surface area (Å²) < 4.78 is 7.68. The zero-order chi connectivity index (χ0) is 18.1. The topological polar surface area (TPSA) is 103 Å². The van der Waals surface area contributed by atoms with E-state index in [1.807, 2.05) is 6.92 Å². The molecule has 8 nitrogen and oxygen atoms in total. The van der Waals surface area contributed by atoms with Gasteiger partial charge >= 0.3 is 5.97 Å². The molecule has 2 aromatic heterocycles. The molecule has 1 atom stereocenters.